The fourth-order valence-electron chi connectivity index (χ4n) is 2.49. The van der Waals surface area contributed by atoms with Crippen molar-refractivity contribution in [3.63, 3.8) is 0 Å². The summed E-state index contributed by atoms with van der Waals surface area (Å²) in [4.78, 5) is 36.8. The van der Waals surface area contributed by atoms with Gasteiger partial charge < -0.3 is 15.3 Å². The summed E-state index contributed by atoms with van der Waals surface area (Å²) in [5.74, 6) is -3.04. The third-order valence-electron chi connectivity index (χ3n) is 3.98. The van der Waals surface area contributed by atoms with E-state index in [1.54, 1.807) is 0 Å². The predicted molar refractivity (Wildman–Crippen MR) is 108 cm³/mol. The van der Waals surface area contributed by atoms with Crippen LogP contribution in [0.1, 0.15) is 29.8 Å². The number of nitrogens with one attached hydrogen (secondary N) is 2. The van der Waals surface area contributed by atoms with Gasteiger partial charge in [-0.15, -0.1) is 0 Å². The van der Waals surface area contributed by atoms with Gasteiger partial charge in [0.15, 0.2) is 0 Å². The Bertz CT molecular complexity index is 874. The molecule has 0 aliphatic carbocycles. The van der Waals surface area contributed by atoms with Crippen LogP contribution in [-0.4, -0.2) is 42.2 Å². The van der Waals surface area contributed by atoms with Crippen LogP contribution in [-0.2, 0) is 9.59 Å². The molecule has 2 amide bonds. The van der Waals surface area contributed by atoms with Crippen LogP contribution in [0.2, 0.25) is 0 Å². The maximum atomic E-state index is 11.9. The molecule has 0 radical (unpaired) electrons. The highest BCUT2D eigenvalue weighted by atomic mass is 16.4. The number of carbonyl (C=O) groups is 3. The van der Waals surface area contributed by atoms with E-state index in [4.69, 9.17) is 5.11 Å². The molecule has 0 aromatic heterocycles. The van der Waals surface area contributed by atoms with Gasteiger partial charge in [-0.05, 0) is 49.7 Å². The van der Waals surface area contributed by atoms with E-state index in [9.17, 15) is 14.4 Å². The number of amides is 2. The highest BCUT2D eigenvalue weighted by molar-refractivity contribution is 6.39. The molecule has 0 spiro atoms. The van der Waals surface area contributed by atoms with Crippen LogP contribution < -0.4 is 15.6 Å². The van der Waals surface area contributed by atoms with Crippen LogP contribution in [0.15, 0.2) is 53.6 Å². The monoisotopic (exact) mass is 382 g/mol. The SMILES string of the molecule is CCN(CC)c1ccc(/C=N\NC(=O)C(=O)Nc2cccc(C(=O)O)c2)cc1. The van der Waals surface area contributed by atoms with Crippen LogP contribution >= 0.6 is 0 Å². The molecule has 0 saturated carbocycles. The van der Waals surface area contributed by atoms with Crippen LogP contribution in [0.5, 0.6) is 0 Å². The van der Waals surface area contributed by atoms with Crippen LogP contribution in [0, 0.1) is 0 Å². The molecule has 0 aliphatic heterocycles. The first-order valence-electron chi connectivity index (χ1n) is 8.77. The summed E-state index contributed by atoms with van der Waals surface area (Å²) in [6.07, 6.45) is 1.43. The van der Waals surface area contributed by atoms with Gasteiger partial charge in [0, 0.05) is 24.5 Å². The van der Waals surface area contributed by atoms with Gasteiger partial charge in [-0.2, -0.15) is 5.10 Å². The summed E-state index contributed by atoms with van der Waals surface area (Å²) >= 11 is 0. The Morgan fingerprint density at radius 2 is 1.71 bits per heavy atom. The third kappa shape index (κ3) is 5.66. The quantitative estimate of drug-likeness (QED) is 0.387. The number of nitrogens with zero attached hydrogens (tertiary/aromatic N) is 2. The molecule has 0 fully saturated rings. The number of anilines is 2. The summed E-state index contributed by atoms with van der Waals surface area (Å²) in [7, 11) is 0. The van der Waals surface area contributed by atoms with Gasteiger partial charge in [-0.25, -0.2) is 10.2 Å². The van der Waals surface area contributed by atoms with Gasteiger partial charge in [0.1, 0.15) is 0 Å². The molecule has 0 aliphatic rings. The van der Waals surface area contributed by atoms with Crippen molar-refractivity contribution in [1.29, 1.82) is 0 Å². The zero-order chi connectivity index (χ0) is 20.5. The Morgan fingerprint density at radius 3 is 2.32 bits per heavy atom. The molecule has 2 rings (SSSR count). The van der Waals surface area contributed by atoms with E-state index in [-0.39, 0.29) is 11.3 Å². The zero-order valence-electron chi connectivity index (χ0n) is 15.7. The van der Waals surface area contributed by atoms with Crippen molar-refractivity contribution < 1.29 is 19.5 Å². The highest BCUT2D eigenvalue weighted by Gasteiger charge is 2.13. The maximum Gasteiger partial charge on any atom is 0.335 e. The van der Waals surface area contributed by atoms with Crippen molar-refractivity contribution in [2.24, 2.45) is 5.10 Å². The Labute approximate surface area is 162 Å². The van der Waals surface area contributed by atoms with Crippen molar-refractivity contribution in [2.75, 3.05) is 23.3 Å². The molecule has 0 heterocycles. The average molecular weight is 382 g/mol. The normalized spacial score (nSPS) is 10.5. The van der Waals surface area contributed by atoms with Crippen molar-refractivity contribution in [3.8, 4) is 0 Å². The molecular weight excluding hydrogens is 360 g/mol. The van der Waals surface area contributed by atoms with Gasteiger partial charge in [0.05, 0.1) is 11.8 Å². The number of carboxylic acid groups (broad SMARTS) is 1. The largest absolute Gasteiger partial charge is 0.478 e. The van der Waals surface area contributed by atoms with Crippen molar-refractivity contribution >= 4 is 35.4 Å². The summed E-state index contributed by atoms with van der Waals surface area (Å²) in [6, 6.07) is 13.2. The molecule has 146 valence electrons. The summed E-state index contributed by atoms with van der Waals surface area (Å²) in [6.45, 7) is 5.98. The Hall–Kier alpha value is -3.68. The Kier molecular flexibility index (Phi) is 7.27. The lowest BCUT2D eigenvalue weighted by Gasteiger charge is -2.20. The van der Waals surface area contributed by atoms with E-state index >= 15 is 0 Å². The summed E-state index contributed by atoms with van der Waals surface area (Å²) < 4.78 is 0. The standard InChI is InChI=1S/C20H22N4O4/c1-3-24(4-2)17-10-8-14(9-11-17)13-21-23-19(26)18(25)22-16-7-5-6-15(12-16)20(27)28/h5-13H,3-4H2,1-2H3,(H,22,25)(H,23,26)(H,27,28)/b21-13-. The lowest BCUT2D eigenvalue weighted by Crippen LogP contribution is -2.32. The number of hydrogen-bond acceptors (Lipinski definition) is 5. The Balaban J connectivity index is 1.91. The molecule has 3 N–H and O–H groups in total. The Morgan fingerprint density at radius 1 is 1.04 bits per heavy atom. The topological polar surface area (TPSA) is 111 Å². The fourth-order valence-corrected chi connectivity index (χ4v) is 2.49. The van der Waals surface area contributed by atoms with E-state index in [1.807, 2.05) is 24.3 Å². The molecule has 0 atom stereocenters. The fraction of sp³-hybridized carbons (Fsp3) is 0.200. The molecule has 8 nitrogen and oxygen atoms in total. The molecule has 2 aromatic carbocycles. The van der Waals surface area contributed by atoms with Gasteiger partial charge in [0.25, 0.3) is 0 Å². The minimum atomic E-state index is -1.13. The number of rotatable bonds is 7. The molecule has 8 heteroatoms. The van der Waals surface area contributed by atoms with Crippen LogP contribution in [0.25, 0.3) is 0 Å². The average Bonchev–Trinajstić information content (AvgIpc) is 2.70. The van der Waals surface area contributed by atoms with Crippen molar-refractivity contribution in [3.05, 3.63) is 59.7 Å². The van der Waals surface area contributed by atoms with Gasteiger partial charge in [-0.1, -0.05) is 18.2 Å². The molecule has 28 heavy (non-hydrogen) atoms. The second-order valence-corrected chi connectivity index (χ2v) is 5.80. The summed E-state index contributed by atoms with van der Waals surface area (Å²) in [5.41, 5.74) is 4.21. The van der Waals surface area contributed by atoms with Crippen LogP contribution in [0.3, 0.4) is 0 Å². The number of hydrogen-bond donors (Lipinski definition) is 3. The second-order valence-electron chi connectivity index (χ2n) is 5.80. The minimum Gasteiger partial charge on any atom is -0.478 e. The lowest BCUT2D eigenvalue weighted by atomic mass is 10.2. The van der Waals surface area contributed by atoms with E-state index in [2.05, 4.69) is 34.6 Å². The van der Waals surface area contributed by atoms with Crippen LogP contribution in [0.4, 0.5) is 11.4 Å². The number of hydrazone groups is 1. The zero-order valence-corrected chi connectivity index (χ0v) is 15.7. The predicted octanol–water partition coefficient (Wildman–Crippen LogP) is 2.32. The second kappa shape index (κ2) is 9.86. The van der Waals surface area contributed by atoms with E-state index in [0.29, 0.717) is 0 Å². The van der Waals surface area contributed by atoms with E-state index in [1.165, 1.54) is 30.5 Å². The van der Waals surface area contributed by atoms with Gasteiger partial charge >= 0.3 is 17.8 Å². The maximum absolute atomic E-state index is 11.9. The third-order valence-corrected chi connectivity index (χ3v) is 3.98. The van der Waals surface area contributed by atoms with Gasteiger partial charge in [-0.3, -0.25) is 9.59 Å². The first kappa shape index (κ1) is 20.6. The first-order valence-corrected chi connectivity index (χ1v) is 8.77. The van der Waals surface area contributed by atoms with E-state index in [0.717, 1.165) is 24.3 Å². The molecule has 0 unspecified atom stereocenters. The number of carbonyl (C=O) groups excluding carboxylic acids is 2. The number of carboxylic acids is 1. The molecule has 0 bridgehead atoms. The van der Waals surface area contributed by atoms with Crippen molar-refractivity contribution in [1.82, 2.24) is 5.43 Å². The van der Waals surface area contributed by atoms with Crippen molar-refractivity contribution in [2.45, 2.75) is 13.8 Å². The summed E-state index contributed by atoms with van der Waals surface area (Å²) in [5, 5.41) is 15.0. The molecule has 0 saturated heterocycles. The number of aromatic carboxylic acids is 1. The molecule has 2 aromatic rings. The number of benzene rings is 2. The lowest BCUT2D eigenvalue weighted by molar-refractivity contribution is -0.136. The highest BCUT2D eigenvalue weighted by Crippen LogP contribution is 2.14. The van der Waals surface area contributed by atoms with Gasteiger partial charge in [0.2, 0.25) is 0 Å². The smallest absolute Gasteiger partial charge is 0.335 e. The molecular formula is C20H22N4O4. The first-order chi connectivity index (χ1) is 13.4. The minimum absolute atomic E-state index is 0.00406. The van der Waals surface area contributed by atoms with E-state index < -0.39 is 17.8 Å².